The zero-order chi connectivity index (χ0) is 11.8. The highest BCUT2D eigenvalue weighted by Gasteiger charge is 2.10. The molecule has 0 aliphatic carbocycles. The number of fused-ring (bicyclic) bond motifs is 1. The molecular weight excluding hydrogens is 300 g/mol. The Balaban J connectivity index is 2.27. The van der Waals surface area contributed by atoms with Gasteiger partial charge in [-0.25, -0.2) is 0 Å². The highest BCUT2D eigenvalue weighted by Crippen LogP contribution is 2.36. The zero-order valence-electron chi connectivity index (χ0n) is 8.78. The van der Waals surface area contributed by atoms with Gasteiger partial charge in [0.1, 0.15) is 5.58 Å². The van der Waals surface area contributed by atoms with E-state index in [0.29, 0.717) is 5.02 Å². The van der Waals surface area contributed by atoms with E-state index >= 15 is 0 Å². The number of furan rings is 1. The standard InChI is InChI=1S/C14H8BrClO/c15-13-7-9(16)5-6-10(13)12-8-17-14-4-2-1-3-11(12)14/h1-8H. The number of halogens is 2. The second-order valence-electron chi connectivity index (χ2n) is 3.77. The van der Waals surface area contributed by atoms with Crippen molar-refractivity contribution >= 4 is 38.5 Å². The zero-order valence-corrected chi connectivity index (χ0v) is 11.1. The first kappa shape index (κ1) is 10.9. The Hall–Kier alpha value is -1.25. The average Bonchev–Trinajstić information content (AvgIpc) is 2.73. The summed E-state index contributed by atoms with van der Waals surface area (Å²) in [4.78, 5) is 0. The molecule has 0 saturated carbocycles. The fourth-order valence-electron chi connectivity index (χ4n) is 1.89. The van der Waals surface area contributed by atoms with Crippen molar-refractivity contribution < 1.29 is 4.42 Å². The molecule has 1 heterocycles. The smallest absolute Gasteiger partial charge is 0.134 e. The lowest BCUT2D eigenvalue weighted by atomic mass is 10.1. The Morgan fingerprint density at radius 2 is 1.82 bits per heavy atom. The monoisotopic (exact) mass is 306 g/mol. The molecule has 0 aliphatic heterocycles. The average molecular weight is 308 g/mol. The maximum atomic E-state index is 5.94. The Morgan fingerprint density at radius 3 is 2.65 bits per heavy atom. The van der Waals surface area contributed by atoms with Gasteiger partial charge < -0.3 is 4.42 Å². The van der Waals surface area contributed by atoms with Crippen LogP contribution in [0.3, 0.4) is 0 Å². The number of benzene rings is 2. The third kappa shape index (κ3) is 1.88. The van der Waals surface area contributed by atoms with Gasteiger partial charge in [0.2, 0.25) is 0 Å². The summed E-state index contributed by atoms with van der Waals surface area (Å²) in [6, 6.07) is 13.7. The Morgan fingerprint density at radius 1 is 1.00 bits per heavy atom. The van der Waals surface area contributed by atoms with E-state index in [1.54, 1.807) is 6.26 Å². The third-order valence-electron chi connectivity index (χ3n) is 2.70. The number of rotatable bonds is 1. The number of hydrogen-bond acceptors (Lipinski definition) is 1. The fourth-order valence-corrected chi connectivity index (χ4v) is 2.79. The van der Waals surface area contributed by atoms with Gasteiger partial charge in [0.15, 0.2) is 0 Å². The van der Waals surface area contributed by atoms with Crippen molar-refractivity contribution in [3.05, 3.63) is 58.2 Å². The molecule has 0 spiro atoms. The van der Waals surface area contributed by atoms with Gasteiger partial charge in [-0.1, -0.05) is 51.8 Å². The van der Waals surface area contributed by atoms with Crippen LogP contribution in [-0.4, -0.2) is 0 Å². The molecule has 0 radical (unpaired) electrons. The Bertz CT molecular complexity index is 688. The summed E-state index contributed by atoms with van der Waals surface area (Å²) >= 11 is 9.47. The first-order chi connectivity index (χ1) is 8.25. The van der Waals surface area contributed by atoms with E-state index < -0.39 is 0 Å². The number of hydrogen-bond donors (Lipinski definition) is 0. The maximum absolute atomic E-state index is 5.94. The highest BCUT2D eigenvalue weighted by molar-refractivity contribution is 9.10. The molecule has 17 heavy (non-hydrogen) atoms. The molecule has 3 aromatic rings. The molecule has 0 saturated heterocycles. The van der Waals surface area contributed by atoms with Crippen molar-refractivity contribution in [2.24, 2.45) is 0 Å². The SMILES string of the molecule is Clc1ccc(-c2coc3ccccc23)c(Br)c1. The predicted molar refractivity (Wildman–Crippen MR) is 74.4 cm³/mol. The normalized spacial score (nSPS) is 10.9. The van der Waals surface area contributed by atoms with E-state index in [2.05, 4.69) is 22.0 Å². The van der Waals surface area contributed by atoms with Gasteiger partial charge in [-0.05, 0) is 23.8 Å². The van der Waals surface area contributed by atoms with E-state index in [1.807, 2.05) is 36.4 Å². The summed E-state index contributed by atoms with van der Waals surface area (Å²) in [7, 11) is 0. The van der Waals surface area contributed by atoms with Crippen LogP contribution in [0.25, 0.3) is 22.1 Å². The molecule has 1 aromatic heterocycles. The van der Waals surface area contributed by atoms with Gasteiger partial charge in [-0.15, -0.1) is 0 Å². The quantitative estimate of drug-likeness (QED) is 0.577. The molecule has 3 rings (SSSR count). The second kappa shape index (κ2) is 4.21. The summed E-state index contributed by atoms with van der Waals surface area (Å²) < 4.78 is 6.50. The van der Waals surface area contributed by atoms with E-state index in [-0.39, 0.29) is 0 Å². The predicted octanol–water partition coefficient (Wildman–Crippen LogP) is 5.52. The largest absolute Gasteiger partial charge is 0.464 e. The molecule has 2 aromatic carbocycles. The van der Waals surface area contributed by atoms with Crippen LogP contribution >= 0.6 is 27.5 Å². The summed E-state index contributed by atoms with van der Waals surface area (Å²) in [6.45, 7) is 0. The van der Waals surface area contributed by atoms with Crippen LogP contribution in [0.4, 0.5) is 0 Å². The van der Waals surface area contributed by atoms with Crippen LogP contribution in [0.2, 0.25) is 5.02 Å². The Labute approximate surface area is 112 Å². The van der Waals surface area contributed by atoms with Crippen molar-refractivity contribution in [2.75, 3.05) is 0 Å². The lowest BCUT2D eigenvalue weighted by Crippen LogP contribution is -1.78. The molecule has 0 fully saturated rings. The lowest BCUT2D eigenvalue weighted by molar-refractivity contribution is 0.617. The topological polar surface area (TPSA) is 13.1 Å². The van der Waals surface area contributed by atoms with Crippen molar-refractivity contribution in [1.29, 1.82) is 0 Å². The van der Waals surface area contributed by atoms with Crippen molar-refractivity contribution in [1.82, 2.24) is 0 Å². The molecule has 0 aliphatic rings. The highest BCUT2D eigenvalue weighted by atomic mass is 79.9. The third-order valence-corrected chi connectivity index (χ3v) is 3.59. The minimum Gasteiger partial charge on any atom is -0.464 e. The van der Waals surface area contributed by atoms with Crippen molar-refractivity contribution in [3.63, 3.8) is 0 Å². The van der Waals surface area contributed by atoms with E-state index in [9.17, 15) is 0 Å². The van der Waals surface area contributed by atoms with Crippen molar-refractivity contribution in [2.45, 2.75) is 0 Å². The molecule has 3 heteroatoms. The van der Waals surface area contributed by atoms with E-state index in [0.717, 1.165) is 26.6 Å². The van der Waals surface area contributed by atoms with Gasteiger partial charge in [-0.2, -0.15) is 0 Å². The van der Waals surface area contributed by atoms with Gasteiger partial charge in [0, 0.05) is 20.4 Å². The molecule has 0 amide bonds. The lowest BCUT2D eigenvalue weighted by Gasteiger charge is -2.02. The summed E-state index contributed by atoms with van der Waals surface area (Å²) in [6.07, 6.45) is 1.78. The van der Waals surface area contributed by atoms with Gasteiger partial charge in [-0.3, -0.25) is 0 Å². The summed E-state index contributed by atoms with van der Waals surface area (Å²) in [5, 5.41) is 1.82. The second-order valence-corrected chi connectivity index (χ2v) is 5.06. The molecular formula is C14H8BrClO. The summed E-state index contributed by atoms with van der Waals surface area (Å²) in [5.74, 6) is 0. The van der Waals surface area contributed by atoms with Crippen LogP contribution in [-0.2, 0) is 0 Å². The van der Waals surface area contributed by atoms with Gasteiger partial charge in [0.25, 0.3) is 0 Å². The minimum atomic E-state index is 0.716. The number of para-hydroxylation sites is 1. The minimum absolute atomic E-state index is 0.716. The molecule has 84 valence electrons. The van der Waals surface area contributed by atoms with Crippen LogP contribution in [0.5, 0.6) is 0 Å². The van der Waals surface area contributed by atoms with Crippen molar-refractivity contribution in [3.8, 4) is 11.1 Å². The molecule has 1 nitrogen and oxygen atoms in total. The summed E-state index contributed by atoms with van der Waals surface area (Å²) in [5.41, 5.74) is 3.05. The van der Waals surface area contributed by atoms with Crippen LogP contribution in [0.15, 0.2) is 57.6 Å². The fraction of sp³-hybridized carbons (Fsp3) is 0. The molecule has 0 atom stereocenters. The first-order valence-electron chi connectivity index (χ1n) is 5.17. The van der Waals surface area contributed by atoms with Crippen LogP contribution < -0.4 is 0 Å². The van der Waals surface area contributed by atoms with Gasteiger partial charge in [0.05, 0.1) is 6.26 Å². The van der Waals surface area contributed by atoms with Gasteiger partial charge >= 0.3 is 0 Å². The van der Waals surface area contributed by atoms with E-state index in [4.69, 9.17) is 16.0 Å². The molecule has 0 bridgehead atoms. The Kier molecular flexibility index (Phi) is 2.69. The van der Waals surface area contributed by atoms with E-state index in [1.165, 1.54) is 0 Å². The molecule has 0 N–H and O–H groups in total. The molecule has 0 unspecified atom stereocenters. The van der Waals surface area contributed by atoms with Crippen LogP contribution in [0.1, 0.15) is 0 Å². The maximum Gasteiger partial charge on any atom is 0.134 e. The van der Waals surface area contributed by atoms with Crippen LogP contribution in [0, 0.1) is 0 Å². The first-order valence-corrected chi connectivity index (χ1v) is 6.34.